The third-order valence-electron chi connectivity index (χ3n) is 5.02. The Morgan fingerprint density at radius 1 is 1.10 bits per heavy atom. The number of alkyl halides is 3. The molecule has 2 aliphatic rings. The number of piperidine rings is 1. The van der Waals surface area contributed by atoms with Crippen LogP contribution in [0.1, 0.15) is 23.2 Å². The predicted molar refractivity (Wildman–Crippen MR) is 75.2 cm³/mol. The van der Waals surface area contributed by atoms with Crippen molar-refractivity contribution < 1.29 is 13.2 Å². The van der Waals surface area contributed by atoms with Gasteiger partial charge in [-0.05, 0) is 68.0 Å². The van der Waals surface area contributed by atoms with Crippen molar-refractivity contribution in [2.24, 2.45) is 11.8 Å². The Labute approximate surface area is 120 Å². The van der Waals surface area contributed by atoms with Crippen LogP contribution < -0.4 is 5.32 Å². The largest absolute Gasteiger partial charge is 0.416 e. The van der Waals surface area contributed by atoms with Crippen molar-refractivity contribution in [3.8, 4) is 0 Å². The first kappa shape index (κ1) is 13.2. The van der Waals surface area contributed by atoms with Gasteiger partial charge in [0.2, 0.25) is 0 Å². The summed E-state index contributed by atoms with van der Waals surface area (Å²) in [5.41, 5.74) is 2.52. The first-order valence-electron chi connectivity index (χ1n) is 7.44. The zero-order valence-electron chi connectivity index (χ0n) is 11.6. The maximum absolute atomic E-state index is 12.9. The molecule has 112 valence electrons. The minimum absolute atomic E-state index is 0.555. The van der Waals surface area contributed by atoms with Gasteiger partial charge < -0.3 is 10.3 Å². The molecular formula is C16H17F3N2. The van der Waals surface area contributed by atoms with Crippen molar-refractivity contribution >= 4 is 10.9 Å². The highest BCUT2D eigenvalue weighted by molar-refractivity contribution is 5.85. The second-order valence-electron chi connectivity index (χ2n) is 6.26. The molecule has 2 N–H and O–H groups in total. The lowest BCUT2D eigenvalue weighted by Gasteiger charge is -2.35. The van der Waals surface area contributed by atoms with E-state index in [-0.39, 0.29) is 0 Å². The lowest BCUT2D eigenvalue weighted by atomic mass is 9.74. The molecule has 1 aromatic heterocycles. The summed E-state index contributed by atoms with van der Waals surface area (Å²) in [6.07, 6.45) is -1.26. The molecule has 0 bridgehead atoms. The molecule has 2 nitrogen and oxygen atoms in total. The van der Waals surface area contributed by atoms with E-state index in [1.165, 1.54) is 12.1 Å². The van der Waals surface area contributed by atoms with Crippen molar-refractivity contribution in [2.45, 2.75) is 25.4 Å². The molecule has 1 aliphatic carbocycles. The molecule has 1 aliphatic heterocycles. The van der Waals surface area contributed by atoms with E-state index in [0.717, 1.165) is 54.5 Å². The second kappa shape index (κ2) is 4.50. The van der Waals surface area contributed by atoms with Gasteiger partial charge in [0.05, 0.1) is 5.56 Å². The summed E-state index contributed by atoms with van der Waals surface area (Å²) in [6.45, 7) is 2.03. The highest BCUT2D eigenvalue weighted by Gasteiger charge is 2.34. The monoisotopic (exact) mass is 294 g/mol. The Bertz CT molecular complexity index is 687. The zero-order chi connectivity index (χ0) is 14.6. The molecular weight excluding hydrogens is 277 g/mol. The van der Waals surface area contributed by atoms with Crippen LogP contribution in [0.4, 0.5) is 13.2 Å². The fourth-order valence-corrected chi connectivity index (χ4v) is 3.90. The Kier molecular flexibility index (Phi) is 2.83. The van der Waals surface area contributed by atoms with Crippen LogP contribution in [0, 0.1) is 11.8 Å². The molecule has 0 spiro atoms. The standard InChI is InChI=1S/C16H17F3N2/c17-16(18,19)11-1-2-14-13(7-11)12-5-10-8-20-4-3-9(10)6-15(12)21-14/h1-2,7,9-10,20-21H,3-6,8H2. The summed E-state index contributed by atoms with van der Waals surface area (Å²) < 4.78 is 38.7. The lowest BCUT2D eigenvalue weighted by Crippen LogP contribution is -2.40. The predicted octanol–water partition coefficient (Wildman–Crippen LogP) is 3.51. The number of aromatic amines is 1. The van der Waals surface area contributed by atoms with Gasteiger partial charge >= 0.3 is 6.18 Å². The summed E-state index contributed by atoms with van der Waals surface area (Å²) in [5, 5.41) is 4.15. The van der Waals surface area contributed by atoms with Crippen LogP contribution in [0.2, 0.25) is 0 Å². The summed E-state index contributed by atoms with van der Waals surface area (Å²) in [6, 6.07) is 4.04. The number of fused-ring (bicyclic) bond motifs is 4. The molecule has 1 fully saturated rings. The number of hydrogen-bond donors (Lipinski definition) is 2. The van der Waals surface area contributed by atoms with Crippen LogP contribution >= 0.6 is 0 Å². The molecule has 0 radical (unpaired) electrons. The number of rotatable bonds is 0. The van der Waals surface area contributed by atoms with E-state index in [4.69, 9.17) is 0 Å². The van der Waals surface area contributed by atoms with Gasteiger partial charge in [0.25, 0.3) is 0 Å². The third-order valence-corrected chi connectivity index (χ3v) is 5.02. The quantitative estimate of drug-likeness (QED) is 0.764. The minimum atomic E-state index is -4.28. The first-order chi connectivity index (χ1) is 10.0. The molecule has 0 amide bonds. The average Bonchev–Trinajstić information content (AvgIpc) is 2.80. The maximum atomic E-state index is 12.9. The summed E-state index contributed by atoms with van der Waals surface area (Å²) in [5.74, 6) is 1.22. The van der Waals surface area contributed by atoms with Crippen molar-refractivity contribution in [1.29, 1.82) is 0 Å². The fraction of sp³-hybridized carbons (Fsp3) is 0.500. The molecule has 21 heavy (non-hydrogen) atoms. The van der Waals surface area contributed by atoms with Crippen molar-refractivity contribution in [2.75, 3.05) is 13.1 Å². The minimum Gasteiger partial charge on any atom is -0.358 e. The lowest BCUT2D eigenvalue weighted by molar-refractivity contribution is -0.137. The molecule has 4 rings (SSSR count). The summed E-state index contributed by atoms with van der Waals surface area (Å²) in [7, 11) is 0. The van der Waals surface area contributed by atoms with Crippen LogP contribution in [0.3, 0.4) is 0 Å². The Hall–Kier alpha value is -1.49. The smallest absolute Gasteiger partial charge is 0.358 e. The van der Waals surface area contributed by atoms with Crippen molar-refractivity contribution in [3.05, 3.63) is 35.0 Å². The molecule has 0 saturated carbocycles. The van der Waals surface area contributed by atoms with Gasteiger partial charge in [-0.3, -0.25) is 0 Å². The van der Waals surface area contributed by atoms with E-state index < -0.39 is 11.7 Å². The van der Waals surface area contributed by atoms with Gasteiger partial charge in [0.1, 0.15) is 0 Å². The van der Waals surface area contributed by atoms with E-state index in [9.17, 15) is 13.2 Å². The molecule has 2 heterocycles. The number of nitrogens with one attached hydrogen (secondary N) is 2. The third kappa shape index (κ3) is 2.14. The van der Waals surface area contributed by atoms with E-state index in [0.29, 0.717) is 11.8 Å². The van der Waals surface area contributed by atoms with Crippen LogP contribution in [0.15, 0.2) is 18.2 Å². The first-order valence-corrected chi connectivity index (χ1v) is 7.44. The van der Waals surface area contributed by atoms with Crippen LogP contribution in [0.25, 0.3) is 10.9 Å². The number of aromatic nitrogens is 1. The topological polar surface area (TPSA) is 27.8 Å². The summed E-state index contributed by atoms with van der Waals surface area (Å²) in [4.78, 5) is 3.34. The number of hydrogen-bond acceptors (Lipinski definition) is 1. The molecule has 1 aromatic carbocycles. The van der Waals surface area contributed by atoms with Gasteiger partial charge in [0.15, 0.2) is 0 Å². The Morgan fingerprint density at radius 3 is 2.76 bits per heavy atom. The highest BCUT2D eigenvalue weighted by Crippen LogP contribution is 2.39. The van der Waals surface area contributed by atoms with Crippen LogP contribution in [-0.4, -0.2) is 18.1 Å². The average molecular weight is 294 g/mol. The molecule has 1 saturated heterocycles. The SMILES string of the molecule is FC(F)(F)c1ccc2[nH]c3c(c2c1)CC1CNCCC1C3. The normalized spacial score (nSPS) is 25.7. The highest BCUT2D eigenvalue weighted by atomic mass is 19.4. The zero-order valence-corrected chi connectivity index (χ0v) is 11.6. The van der Waals surface area contributed by atoms with Gasteiger partial charge in [-0.25, -0.2) is 0 Å². The molecule has 5 heteroatoms. The van der Waals surface area contributed by atoms with Gasteiger partial charge in [-0.2, -0.15) is 13.2 Å². The van der Waals surface area contributed by atoms with E-state index >= 15 is 0 Å². The number of benzene rings is 1. The second-order valence-corrected chi connectivity index (χ2v) is 6.26. The van der Waals surface area contributed by atoms with E-state index in [1.54, 1.807) is 6.07 Å². The molecule has 2 atom stereocenters. The van der Waals surface area contributed by atoms with E-state index in [2.05, 4.69) is 10.3 Å². The number of H-pyrrole nitrogens is 1. The van der Waals surface area contributed by atoms with Gasteiger partial charge in [0, 0.05) is 16.6 Å². The maximum Gasteiger partial charge on any atom is 0.416 e. The van der Waals surface area contributed by atoms with Crippen molar-refractivity contribution in [3.63, 3.8) is 0 Å². The fourth-order valence-electron chi connectivity index (χ4n) is 3.90. The number of halogens is 3. The molecule has 2 unspecified atom stereocenters. The van der Waals surface area contributed by atoms with E-state index in [1.807, 2.05) is 0 Å². The van der Waals surface area contributed by atoms with Crippen LogP contribution in [0.5, 0.6) is 0 Å². The van der Waals surface area contributed by atoms with Crippen molar-refractivity contribution in [1.82, 2.24) is 10.3 Å². The Balaban J connectivity index is 1.80. The van der Waals surface area contributed by atoms with Gasteiger partial charge in [-0.15, -0.1) is 0 Å². The summed E-state index contributed by atoms with van der Waals surface area (Å²) >= 11 is 0. The molecule has 2 aromatic rings. The van der Waals surface area contributed by atoms with Crippen LogP contribution in [-0.2, 0) is 19.0 Å². The Morgan fingerprint density at radius 2 is 1.95 bits per heavy atom. The van der Waals surface area contributed by atoms with Gasteiger partial charge in [-0.1, -0.05) is 0 Å².